The molecule has 2 rings (SSSR count). The Balaban J connectivity index is 1.99. The summed E-state index contributed by atoms with van der Waals surface area (Å²) in [4.78, 5) is 48.8. The molecule has 0 aromatic carbocycles. The Kier molecular flexibility index (Phi) is 4.10. The molecule has 2 saturated heterocycles. The SMILES string of the molecule is O=C1CN(C(=O)C(=O)N2CCCNCC2)CC(=O)N1. The van der Waals surface area contributed by atoms with Crippen LogP contribution in [0.5, 0.6) is 0 Å². The van der Waals surface area contributed by atoms with Gasteiger partial charge in [0.15, 0.2) is 0 Å². The summed E-state index contributed by atoms with van der Waals surface area (Å²) >= 11 is 0. The molecule has 0 radical (unpaired) electrons. The number of carbonyl (C=O) groups excluding carboxylic acids is 4. The number of piperazine rings is 1. The van der Waals surface area contributed by atoms with Crippen LogP contribution in [-0.4, -0.2) is 72.7 Å². The van der Waals surface area contributed by atoms with Gasteiger partial charge in [-0.1, -0.05) is 0 Å². The zero-order valence-corrected chi connectivity index (χ0v) is 10.5. The fraction of sp³-hybridized carbons (Fsp3) is 0.636. The van der Waals surface area contributed by atoms with Crippen LogP contribution in [0.4, 0.5) is 0 Å². The Labute approximate surface area is 110 Å². The topological polar surface area (TPSA) is 98.8 Å². The Morgan fingerprint density at radius 1 is 0.895 bits per heavy atom. The molecule has 0 aliphatic carbocycles. The lowest BCUT2D eigenvalue weighted by Gasteiger charge is -2.27. The second-order valence-corrected chi connectivity index (χ2v) is 4.53. The van der Waals surface area contributed by atoms with Crippen LogP contribution in [-0.2, 0) is 19.2 Å². The third-order valence-electron chi connectivity index (χ3n) is 3.05. The average Bonchev–Trinajstić information content (AvgIpc) is 2.64. The zero-order valence-electron chi connectivity index (χ0n) is 10.5. The molecule has 0 spiro atoms. The van der Waals surface area contributed by atoms with Gasteiger partial charge in [-0.3, -0.25) is 24.5 Å². The monoisotopic (exact) mass is 268 g/mol. The molecule has 8 heteroatoms. The van der Waals surface area contributed by atoms with Crippen molar-refractivity contribution in [2.24, 2.45) is 0 Å². The van der Waals surface area contributed by atoms with Crippen LogP contribution < -0.4 is 10.6 Å². The van der Waals surface area contributed by atoms with Crippen molar-refractivity contribution in [1.82, 2.24) is 20.4 Å². The molecule has 0 aromatic heterocycles. The highest BCUT2D eigenvalue weighted by Gasteiger charge is 2.32. The van der Waals surface area contributed by atoms with Gasteiger partial charge in [0.2, 0.25) is 11.8 Å². The van der Waals surface area contributed by atoms with Crippen LogP contribution in [0.1, 0.15) is 6.42 Å². The second kappa shape index (κ2) is 5.79. The number of hydrogen-bond donors (Lipinski definition) is 2. The molecule has 0 atom stereocenters. The van der Waals surface area contributed by atoms with Crippen molar-refractivity contribution >= 4 is 23.6 Å². The van der Waals surface area contributed by atoms with Crippen molar-refractivity contribution in [3.63, 3.8) is 0 Å². The van der Waals surface area contributed by atoms with Crippen LogP contribution in [0.3, 0.4) is 0 Å². The predicted molar refractivity (Wildman–Crippen MR) is 63.8 cm³/mol. The Morgan fingerprint density at radius 3 is 2.21 bits per heavy atom. The van der Waals surface area contributed by atoms with Gasteiger partial charge in [-0.2, -0.15) is 0 Å². The van der Waals surface area contributed by atoms with Crippen LogP contribution in [0.15, 0.2) is 0 Å². The average molecular weight is 268 g/mol. The van der Waals surface area contributed by atoms with E-state index >= 15 is 0 Å². The zero-order chi connectivity index (χ0) is 13.8. The van der Waals surface area contributed by atoms with Gasteiger partial charge in [0, 0.05) is 19.6 Å². The normalized spacial score (nSPS) is 20.8. The van der Waals surface area contributed by atoms with E-state index in [2.05, 4.69) is 10.6 Å². The minimum absolute atomic E-state index is 0.248. The van der Waals surface area contributed by atoms with Gasteiger partial charge >= 0.3 is 11.8 Å². The third-order valence-corrected chi connectivity index (χ3v) is 3.05. The van der Waals surface area contributed by atoms with Crippen molar-refractivity contribution in [2.75, 3.05) is 39.3 Å². The minimum atomic E-state index is -0.787. The Bertz CT molecular complexity index is 399. The summed E-state index contributed by atoms with van der Waals surface area (Å²) in [6.45, 7) is 1.91. The van der Waals surface area contributed by atoms with Crippen molar-refractivity contribution in [2.45, 2.75) is 6.42 Å². The summed E-state index contributed by atoms with van der Waals surface area (Å²) in [5.41, 5.74) is 0. The molecule has 0 aromatic rings. The molecule has 8 nitrogen and oxygen atoms in total. The first-order valence-electron chi connectivity index (χ1n) is 6.19. The van der Waals surface area contributed by atoms with E-state index in [0.29, 0.717) is 19.6 Å². The fourth-order valence-electron chi connectivity index (χ4n) is 2.10. The molecular formula is C11H16N4O4. The van der Waals surface area contributed by atoms with Crippen molar-refractivity contribution in [3.8, 4) is 0 Å². The van der Waals surface area contributed by atoms with Crippen molar-refractivity contribution in [3.05, 3.63) is 0 Å². The number of rotatable bonds is 0. The first-order valence-corrected chi connectivity index (χ1v) is 6.19. The number of carbonyl (C=O) groups is 4. The summed E-state index contributed by atoms with van der Waals surface area (Å²) in [5, 5.41) is 5.21. The Morgan fingerprint density at radius 2 is 1.53 bits per heavy atom. The molecule has 19 heavy (non-hydrogen) atoms. The van der Waals surface area contributed by atoms with Crippen molar-refractivity contribution < 1.29 is 19.2 Å². The quantitative estimate of drug-likeness (QED) is 0.368. The van der Waals surface area contributed by atoms with Gasteiger partial charge in [-0.15, -0.1) is 0 Å². The number of imide groups is 1. The molecule has 2 heterocycles. The van der Waals surface area contributed by atoms with Crippen LogP contribution >= 0.6 is 0 Å². The smallest absolute Gasteiger partial charge is 0.313 e. The maximum Gasteiger partial charge on any atom is 0.313 e. The highest BCUT2D eigenvalue weighted by Crippen LogP contribution is 2.02. The summed E-state index contributed by atoms with van der Waals surface area (Å²) < 4.78 is 0. The number of nitrogens with one attached hydrogen (secondary N) is 2. The minimum Gasteiger partial charge on any atom is -0.333 e. The van der Waals surface area contributed by atoms with Crippen molar-refractivity contribution in [1.29, 1.82) is 0 Å². The molecule has 0 unspecified atom stereocenters. The maximum absolute atomic E-state index is 12.0. The van der Waals surface area contributed by atoms with Crippen LogP contribution in [0, 0.1) is 0 Å². The van der Waals surface area contributed by atoms with Gasteiger partial charge < -0.3 is 15.1 Å². The van der Waals surface area contributed by atoms with E-state index in [-0.39, 0.29) is 13.1 Å². The molecule has 0 saturated carbocycles. The van der Waals surface area contributed by atoms with Gasteiger partial charge in [0.25, 0.3) is 0 Å². The van der Waals surface area contributed by atoms with E-state index < -0.39 is 23.6 Å². The van der Waals surface area contributed by atoms with Gasteiger partial charge in [-0.25, -0.2) is 0 Å². The van der Waals surface area contributed by atoms with E-state index in [4.69, 9.17) is 0 Å². The van der Waals surface area contributed by atoms with E-state index in [1.54, 1.807) is 0 Å². The Hall–Kier alpha value is -1.96. The lowest BCUT2D eigenvalue weighted by molar-refractivity contribution is -0.155. The van der Waals surface area contributed by atoms with E-state index in [1.807, 2.05) is 0 Å². The van der Waals surface area contributed by atoms with Gasteiger partial charge in [0.05, 0.1) is 0 Å². The third kappa shape index (κ3) is 3.28. The van der Waals surface area contributed by atoms with Crippen LogP contribution in [0.2, 0.25) is 0 Å². The lowest BCUT2D eigenvalue weighted by atomic mass is 10.3. The molecule has 2 fully saturated rings. The molecule has 2 aliphatic rings. The number of nitrogens with zero attached hydrogens (tertiary/aromatic N) is 2. The van der Waals surface area contributed by atoms with E-state index in [0.717, 1.165) is 17.9 Å². The van der Waals surface area contributed by atoms with E-state index in [9.17, 15) is 19.2 Å². The number of amides is 4. The summed E-state index contributed by atoms with van der Waals surface area (Å²) in [5.74, 6) is -2.55. The first kappa shape index (κ1) is 13.5. The summed E-state index contributed by atoms with van der Waals surface area (Å²) in [7, 11) is 0. The molecule has 4 amide bonds. The molecule has 0 bridgehead atoms. The highest BCUT2D eigenvalue weighted by molar-refractivity contribution is 6.35. The largest absolute Gasteiger partial charge is 0.333 e. The van der Waals surface area contributed by atoms with E-state index in [1.165, 1.54) is 4.90 Å². The second-order valence-electron chi connectivity index (χ2n) is 4.53. The molecule has 2 aliphatic heterocycles. The van der Waals surface area contributed by atoms with Gasteiger partial charge in [0.1, 0.15) is 13.1 Å². The molecule has 104 valence electrons. The highest BCUT2D eigenvalue weighted by atomic mass is 16.2. The fourth-order valence-corrected chi connectivity index (χ4v) is 2.10. The van der Waals surface area contributed by atoms with Crippen LogP contribution in [0.25, 0.3) is 0 Å². The molecular weight excluding hydrogens is 252 g/mol. The summed E-state index contributed by atoms with van der Waals surface area (Å²) in [6, 6.07) is 0. The maximum atomic E-state index is 12.0. The molecule has 2 N–H and O–H groups in total. The lowest BCUT2D eigenvalue weighted by Crippen LogP contribution is -2.56. The summed E-state index contributed by atoms with van der Waals surface area (Å²) in [6.07, 6.45) is 0.776. The first-order chi connectivity index (χ1) is 9.08. The number of hydrogen-bond acceptors (Lipinski definition) is 5. The predicted octanol–water partition coefficient (Wildman–Crippen LogP) is -2.71. The standard InChI is InChI=1S/C11H16N4O4/c16-8-6-15(7-9(17)13-8)11(19)10(18)14-4-1-2-12-3-5-14/h12H,1-7H2,(H,13,16,17). The van der Waals surface area contributed by atoms with Gasteiger partial charge in [-0.05, 0) is 13.0 Å².